The standard InChI is InChI=1S/C19H21N/c1-12(2)14-9-10-15-16-7-5-6-8-18(16)20-19(13(3)4)17(15)11-14/h5-13H,1-4H3. The zero-order valence-corrected chi connectivity index (χ0v) is 12.6. The second-order valence-corrected chi connectivity index (χ2v) is 6.13. The minimum atomic E-state index is 0.435. The smallest absolute Gasteiger partial charge is 0.0711 e. The molecule has 1 heteroatoms. The Kier molecular flexibility index (Phi) is 3.21. The topological polar surface area (TPSA) is 12.9 Å². The minimum Gasteiger partial charge on any atom is -0.252 e. The van der Waals surface area contributed by atoms with Crippen LogP contribution in [-0.4, -0.2) is 4.98 Å². The normalized spacial score (nSPS) is 11.9. The van der Waals surface area contributed by atoms with Gasteiger partial charge in [-0.15, -0.1) is 0 Å². The van der Waals surface area contributed by atoms with Crippen LogP contribution in [0.5, 0.6) is 0 Å². The first-order valence-corrected chi connectivity index (χ1v) is 7.40. The van der Waals surface area contributed by atoms with E-state index in [0.717, 1.165) is 5.52 Å². The van der Waals surface area contributed by atoms with Crippen LogP contribution < -0.4 is 0 Å². The van der Waals surface area contributed by atoms with E-state index < -0.39 is 0 Å². The van der Waals surface area contributed by atoms with E-state index in [0.29, 0.717) is 11.8 Å². The number of hydrogen-bond acceptors (Lipinski definition) is 1. The van der Waals surface area contributed by atoms with E-state index in [2.05, 4.69) is 70.2 Å². The van der Waals surface area contributed by atoms with Gasteiger partial charge in [0.2, 0.25) is 0 Å². The molecule has 0 saturated heterocycles. The van der Waals surface area contributed by atoms with Crippen LogP contribution in [0, 0.1) is 0 Å². The van der Waals surface area contributed by atoms with Crippen molar-refractivity contribution in [3.05, 3.63) is 53.7 Å². The van der Waals surface area contributed by atoms with Crippen molar-refractivity contribution in [3.63, 3.8) is 0 Å². The molecule has 1 heterocycles. The maximum atomic E-state index is 4.90. The Balaban J connectivity index is 2.45. The van der Waals surface area contributed by atoms with E-state index in [1.54, 1.807) is 0 Å². The van der Waals surface area contributed by atoms with E-state index in [1.807, 2.05) is 0 Å². The van der Waals surface area contributed by atoms with E-state index in [4.69, 9.17) is 4.98 Å². The Hall–Kier alpha value is -1.89. The van der Waals surface area contributed by atoms with Crippen molar-refractivity contribution in [1.29, 1.82) is 0 Å². The molecule has 102 valence electrons. The number of hydrogen-bond donors (Lipinski definition) is 0. The molecule has 1 nitrogen and oxygen atoms in total. The first-order chi connectivity index (χ1) is 9.58. The predicted molar refractivity (Wildman–Crippen MR) is 87.4 cm³/mol. The maximum absolute atomic E-state index is 4.90. The van der Waals surface area contributed by atoms with Crippen LogP contribution >= 0.6 is 0 Å². The molecule has 0 radical (unpaired) electrons. The molecule has 0 bridgehead atoms. The number of rotatable bonds is 2. The highest BCUT2D eigenvalue weighted by Gasteiger charge is 2.12. The molecule has 0 fully saturated rings. The number of pyridine rings is 1. The number of aromatic nitrogens is 1. The van der Waals surface area contributed by atoms with Gasteiger partial charge in [-0.25, -0.2) is 0 Å². The van der Waals surface area contributed by atoms with Crippen molar-refractivity contribution in [1.82, 2.24) is 4.98 Å². The molecule has 0 aliphatic carbocycles. The summed E-state index contributed by atoms with van der Waals surface area (Å²) in [6.07, 6.45) is 0. The lowest BCUT2D eigenvalue weighted by Gasteiger charge is -2.14. The molecular weight excluding hydrogens is 242 g/mol. The summed E-state index contributed by atoms with van der Waals surface area (Å²) in [6, 6.07) is 15.3. The van der Waals surface area contributed by atoms with Crippen molar-refractivity contribution in [2.45, 2.75) is 39.5 Å². The fraction of sp³-hybridized carbons (Fsp3) is 0.316. The number of para-hydroxylation sites is 1. The highest BCUT2D eigenvalue weighted by atomic mass is 14.7. The lowest BCUT2D eigenvalue weighted by molar-refractivity contribution is 0.838. The molecule has 20 heavy (non-hydrogen) atoms. The SMILES string of the molecule is CC(C)c1ccc2c(c1)c(C(C)C)nc1ccccc12. The van der Waals surface area contributed by atoms with E-state index in [1.165, 1.54) is 27.4 Å². The number of fused-ring (bicyclic) bond motifs is 3. The molecular formula is C19H21N. The number of nitrogens with zero attached hydrogens (tertiary/aromatic N) is 1. The van der Waals surface area contributed by atoms with Gasteiger partial charge in [-0.05, 0) is 34.9 Å². The third-order valence-electron chi connectivity index (χ3n) is 3.97. The molecule has 3 aromatic rings. The molecule has 1 aromatic heterocycles. The zero-order valence-electron chi connectivity index (χ0n) is 12.6. The maximum Gasteiger partial charge on any atom is 0.0711 e. The molecule has 0 amide bonds. The van der Waals surface area contributed by atoms with Crippen LogP contribution in [0.15, 0.2) is 42.5 Å². The van der Waals surface area contributed by atoms with Gasteiger partial charge in [-0.3, -0.25) is 4.98 Å². The summed E-state index contributed by atoms with van der Waals surface area (Å²) in [5, 5.41) is 3.89. The second kappa shape index (κ2) is 4.90. The van der Waals surface area contributed by atoms with E-state index in [9.17, 15) is 0 Å². The summed E-state index contributed by atoms with van der Waals surface area (Å²) in [5.74, 6) is 0.982. The van der Waals surface area contributed by atoms with Crippen LogP contribution in [0.4, 0.5) is 0 Å². The second-order valence-electron chi connectivity index (χ2n) is 6.13. The van der Waals surface area contributed by atoms with Gasteiger partial charge in [0.1, 0.15) is 0 Å². The molecule has 0 N–H and O–H groups in total. The van der Waals surface area contributed by atoms with Gasteiger partial charge in [-0.2, -0.15) is 0 Å². The zero-order chi connectivity index (χ0) is 14.3. The predicted octanol–water partition coefficient (Wildman–Crippen LogP) is 5.63. The van der Waals surface area contributed by atoms with Gasteiger partial charge >= 0.3 is 0 Å². The average molecular weight is 263 g/mol. The largest absolute Gasteiger partial charge is 0.252 e. The Bertz CT molecular complexity index is 769. The van der Waals surface area contributed by atoms with Crippen LogP contribution in [0.2, 0.25) is 0 Å². The van der Waals surface area contributed by atoms with Crippen LogP contribution in [0.3, 0.4) is 0 Å². The molecule has 0 aliphatic rings. The highest BCUT2D eigenvalue weighted by Crippen LogP contribution is 2.32. The first kappa shape index (κ1) is 13.1. The first-order valence-electron chi connectivity index (χ1n) is 7.40. The summed E-state index contributed by atoms with van der Waals surface area (Å²) in [6.45, 7) is 8.92. The van der Waals surface area contributed by atoms with Crippen LogP contribution in [0.1, 0.15) is 50.8 Å². The Morgan fingerprint density at radius 2 is 1.50 bits per heavy atom. The monoisotopic (exact) mass is 263 g/mol. The molecule has 2 aromatic carbocycles. The minimum absolute atomic E-state index is 0.435. The summed E-state index contributed by atoms with van der Waals surface area (Å²) in [7, 11) is 0. The lowest BCUT2D eigenvalue weighted by Crippen LogP contribution is -1.97. The quantitative estimate of drug-likeness (QED) is 0.546. The van der Waals surface area contributed by atoms with E-state index >= 15 is 0 Å². The van der Waals surface area contributed by atoms with Crippen LogP contribution in [-0.2, 0) is 0 Å². The summed E-state index contributed by atoms with van der Waals surface area (Å²) in [4.78, 5) is 4.90. The summed E-state index contributed by atoms with van der Waals surface area (Å²) in [5.41, 5.74) is 3.69. The van der Waals surface area contributed by atoms with Crippen molar-refractivity contribution in [3.8, 4) is 0 Å². The van der Waals surface area contributed by atoms with Gasteiger partial charge in [-0.1, -0.05) is 58.0 Å². The Morgan fingerprint density at radius 1 is 0.750 bits per heavy atom. The van der Waals surface area contributed by atoms with Gasteiger partial charge < -0.3 is 0 Å². The average Bonchev–Trinajstić information content (AvgIpc) is 2.45. The molecule has 0 saturated carbocycles. The molecule has 0 aliphatic heterocycles. The van der Waals surface area contributed by atoms with Gasteiger partial charge in [0.15, 0.2) is 0 Å². The van der Waals surface area contributed by atoms with Crippen molar-refractivity contribution >= 4 is 21.7 Å². The summed E-state index contributed by atoms with van der Waals surface area (Å²) >= 11 is 0. The fourth-order valence-corrected chi connectivity index (χ4v) is 2.80. The van der Waals surface area contributed by atoms with Crippen molar-refractivity contribution in [2.24, 2.45) is 0 Å². The lowest BCUT2D eigenvalue weighted by atomic mass is 9.94. The van der Waals surface area contributed by atoms with Gasteiger partial charge in [0.05, 0.1) is 11.2 Å². The van der Waals surface area contributed by atoms with E-state index in [-0.39, 0.29) is 0 Å². The van der Waals surface area contributed by atoms with Gasteiger partial charge in [0.25, 0.3) is 0 Å². The van der Waals surface area contributed by atoms with Crippen molar-refractivity contribution in [2.75, 3.05) is 0 Å². The molecule has 3 rings (SSSR count). The third-order valence-corrected chi connectivity index (χ3v) is 3.97. The molecule has 0 atom stereocenters. The highest BCUT2D eigenvalue weighted by molar-refractivity contribution is 6.06. The van der Waals surface area contributed by atoms with Crippen molar-refractivity contribution < 1.29 is 0 Å². The fourth-order valence-electron chi connectivity index (χ4n) is 2.80. The molecule has 0 unspecified atom stereocenters. The Labute approximate surface area is 120 Å². The summed E-state index contributed by atoms with van der Waals surface area (Å²) < 4.78 is 0. The number of benzene rings is 2. The van der Waals surface area contributed by atoms with Crippen LogP contribution in [0.25, 0.3) is 21.7 Å². The van der Waals surface area contributed by atoms with Gasteiger partial charge in [0, 0.05) is 10.8 Å². The molecule has 0 spiro atoms. The third kappa shape index (κ3) is 2.07. The Morgan fingerprint density at radius 3 is 2.20 bits per heavy atom.